The van der Waals surface area contributed by atoms with E-state index in [-0.39, 0.29) is 0 Å². The normalized spacial score (nSPS) is 35.8. The molecule has 2 aliphatic rings. The molecule has 0 radical (unpaired) electrons. The standard InChI is InChI=1S/C11H21NOS/c12-10-6-7-13-8-11(10)14-9-4-2-1-3-5-9/h9-11H,1-8,12H2. The van der Waals surface area contributed by atoms with Crippen LogP contribution in [0.5, 0.6) is 0 Å². The van der Waals surface area contributed by atoms with Crippen LogP contribution in [0.3, 0.4) is 0 Å². The molecule has 82 valence electrons. The van der Waals surface area contributed by atoms with Gasteiger partial charge in [-0.1, -0.05) is 19.3 Å². The first-order valence-corrected chi connectivity index (χ1v) is 6.79. The lowest BCUT2D eigenvalue weighted by Crippen LogP contribution is -2.42. The minimum Gasteiger partial charge on any atom is -0.380 e. The Morgan fingerprint density at radius 3 is 2.57 bits per heavy atom. The molecule has 0 bridgehead atoms. The summed E-state index contributed by atoms with van der Waals surface area (Å²) in [6, 6.07) is 0.371. The van der Waals surface area contributed by atoms with E-state index >= 15 is 0 Å². The molecule has 2 atom stereocenters. The molecular formula is C11H21NOS. The number of ether oxygens (including phenoxy) is 1. The van der Waals surface area contributed by atoms with Crippen molar-refractivity contribution >= 4 is 11.8 Å². The minimum atomic E-state index is 0.371. The quantitative estimate of drug-likeness (QED) is 0.767. The maximum absolute atomic E-state index is 6.10. The van der Waals surface area contributed by atoms with Crippen LogP contribution >= 0.6 is 11.8 Å². The Labute approximate surface area is 91.0 Å². The first-order chi connectivity index (χ1) is 6.86. The zero-order valence-electron chi connectivity index (χ0n) is 8.78. The second-order valence-corrected chi connectivity index (χ2v) is 6.01. The molecule has 14 heavy (non-hydrogen) atoms. The molecule has 1 aliphatic heterocycles. The predicted octanol–water partition coefficient (Wildman–Crippen LogP) is 2.17. The van der Waals surface area contributed by atoms with Gasteiger partial charge in [0.1, 0.15) is 0 Å². The summed E-state index contributed by atoms with van der Waals surface area (Å²) in [4.78, 5) is 0. The molecule has 1 aliphatic carbocycles. The van der Waals surface area contributed by atoms with Crippen molar-refractivity contribution in [3.63, 3.8) is 0 Å². The van der Waals surface area contributed by atoms with Gasteiger partial charge in [0.2, 0.25) is 0 Å². The van der Waals surface area contributed by atoms with Crippen molar-refractivity contribution in [3.8, 4) is 0 Å². The van der Waals surface area contributed by atoms with Gasteiger partial charge in [-0.25, -0.2) is 0 Å². The molecular weight excluding hydrogens is 194 g/mol. The number of hydrogen-bond acceptors (Lipinski definition) is 3. The average molecular weight is 215 g/mol. The van der Waals surface area contributed by atoms with Crippen molar-refractivity contribution in [1.29, 1.82) is 0 Å². The lowest BCUT2D eigenvalue weighted by atomic mass is 10.0. The van der Waals surface area contributed by atoms with Crippen LogP contribution in [0.2, 0.25) is 0 Å². The van der Waals surface area contributed by atoms with Crippen molar-refractivity contribution in [2.24, 2.45) is 5.73 Å². The van der Waals surface area contributed by atoms with E-state index in [9.17, 15) is 0 Å². The molecule has 2 N–H and O–H groups in total. The fraction of sp³-hybridized carbons (Fsp3) is 1.00. The fourth-order valence-electron chi connectivity index (χ4n) is 2.32. The molecule has 1 saturated carbocycles. The van der Waals surface area contributed by atoms with Gasteiger partial charge in [-0.3, -0.25) is 0 Å². The molecule has 0 spiro atoms. The van der Waals surface area contributed by atoms with Crippen molar-refractivity contribution in [2.75, 3.05) is 13.2 Å². The van der Waals surface area contributed by atoms with Crippen LogP contribution in [0.4, 0.5) is 0 Å². The summed E-state index contributed by atoms with van der Waals surface area (Å²) < 4.78 is 5.49. The van der Waals surface area contributed by atoms with E-state index in [1.165, 1.54) is 32.1 Å². The Hall–Kier alpha value is 0.270. The lowest BCUT2D eigenvalue weighted by molar-refractivity contribution is 0.0914. The largest absolute Gasteiger partial charge is 0.380 e. The highest BCUT2D eigenvalue weighted by Gasteiger charge is 2.26. The summed E-state index contributed by atoms with van der Waals surface area (Å²) >= 11 is 2.10. The fourth-order valence-corrected chi connectivity index (χ4v) is 3.93. The van der Waals surface area contributed by atoms with Gasteiger partial charge in [0, 0.05) is 23.1 Å². The molecule has 0 amide bonds. The summed E-state index contributed by atoms with van der Waals surface area (Å²) in [5.74, 6) is 0. The molecule has 2 unspecified atom stereocenters. The van der Waals surface area contributed by atoms with Crippen LogP contribution in [0.25, 0.3) is 0 Å². The van der Waals surface area contributed by atoms with Crippen molar-refractivity contribution in [3.05, 3.63) is 0 Å². The van der Waals surface area contributed by atoms with Gasteiger partial charge >= 0.3 is 0 Å². The van der Waals surface area contributed by atoms with Crippen LogP contribution < -0.4 is 5.73 Å². The van der Waals surface area contributed by atoms with Gasteiger partial charge in [-0.15, -0.1) is 0 Å². The zero-order valence-corrected chi connectivity index (χ0v) is 9.60. The molecule has 0 aromatic heterocycles. The van der Waals surface area contributed by atoms with Gasteiger partial charge in [0.25, 0.3) is 0 Å². The Kier molecular flexibility index (Phi) is 4.14. The molecule has 1 saturated heterocycles. The van der Waals surface area contributed by atoms with Gasteiger partial charge in [-0.2, -0.15) is 11.8 Å². The Bertz CT molecular complexity index is 171. The van der Waals surface area contributed by atoms with E-state index < -0.39 is 0 Å². The highest BCUT2D eigenvalue weighted by atomic mass is 32.2. The first kappa shape index (κ1) is 10.8. The van der Waals surface area contributed by atoms with E-state index in [1.807, 2.05) is 0 Å². The van der Waals surface area contributed by atoms with E-state index in [0.29, 0.717) is 11.3 Å². The molecule has 2 nitrogen and oxygen atoms in total. The van der Waals surface area contributed by atoms with Gasteiger partial charge in [-0.05, 0) is 19.3 Å². The highest BCUT2D eigenvalue weighted by molar-refractivity contribution is 8.00. The third kappa shape index (κ3) is 2.88. The maximum atomic E-state index is 6.10. The van der Waals surface area contributed by atoms with E-state index in [4.69, 9.17) is 10.5 Å². The van der Waals surface area contributed by atoms with Crippen molar-refractivity contribution in [1.82, 2.24) is 0 Å². The Morgan fingerprint density at radius 2 is 1.86 bits per heavy atom. The van der Waals surface area contributed by atoms with Gasteiger partial charge in [0.15, 0.2) is 0 Å². The second-order valence-electron chi connectivity index (χ2n) is 4.46. The smallest absolute Gasteiger partial charge is 0.0600 e. The topological polar surface area (TPSA) is 35.2 Å². The highest BCUT2D eigenvalue weighted by Crippen LogP contribution is 2.33. The predicted molar refractivity (Wildman–Crippen MR) is 61.7 cm³/mol. The van der Waals surface area contributed by atoms with Gasteiger partial charge in [0.05, 0.1) is 6.61 Å². The average Bonchev–Trinajstić information content (AvgIpc) is 2.23. The number of nitrogens with two attached hydrogens (primary N) is 1. The first-order valence-electron chi connectivity index (χ1n) is 5.85. The third-order valence-electron chi connectivity index (χ3n) is 3.27. The molecule has 3 heteroatoms. The molecule has 1 heterocycles. The van der Waals surface area contributed by atoms with Crippen LogP contribution in [0, 0.1) is 0 Å². The van der Waals surface area contributed by atoms with Crippen LogP contribution in [-0.4, -0.2) is 29.8 Å². The van der Waals surface area contributed by atoms with Crippen LogP contribution in [0.15, 0.2) is 0 Å². The summed E-state index contributed by atoms with van der Waals surface area (Å²) in [7, 11) is 0. The van der Waals surface area contributed by atoms with Crippen LogP contribution in [-0.2, 0) is 4.74 Å². The second kappa shape index (κ2) is 5.38. The summed E-state index contributed by atoms with van der Waals surface area (Å²) in [6.45, 7) is 1.74. The Balaban J connectivity index is 1.76. The Morgan fingerprint density at radius 1 is 1.07 bits per heavy atom. The minimum absolute atomic E-state index is 0.371. The summed E-state index contributed by atoms with van der Waals surface area (Å²) in [6.07, 6.45) is 8.11. The molecule has 2 fully saturated rings. The van der Waals surface area contributed by atoms with Gasteiger partial charge < -0.3 is 10.5 Å². The number of thioether (sulfide) groups is 1. The summed E-state index contributed by atoms with van der Waals surface area (Å²) in [5.41, 5.74) is 6.10. The number of rotatable bonds is 2. The molecule has 0 aromatic rings. The van der Waals surface area contributed by atoms with E-state index in [1.54, 1.807) is 0 Å². The summed E-state index contributed by atoms with van der Waals surface area (Å²) in [5, 5.41) is 1.42. The molecule has 2 rings (SSSR count). The lowest BCUT2D eigenvalue weighted by Gasteiger charge is -2.32. The SMILES string of the molecule is NC1CCOCC1SC1CCCCC1. The van der Waals surface area contributed by atoms with E-state index in [0.717, 1.165) is 24.9 Å². The maximum Gasteiger partial charge on any atom is 0.0600 e. The molecule has 0 aromatic carbocycles. The number of hydrogen-bond donors (Lipinski definition) is 1. The third-order valence-corrected chi connectivity index (χ3v) is 4.97. The zero-order chi connectivity index (χ0) is 9.80. The van der Waals surface area contributed by atoms with Crippen LogP contribution in [0.1, 0.15) is 38.5 Å². The monoisotopic (exact) mass is 215 g/mol. The van der Waals surface area contributed by atoms with Crippen molar-refractivity contribution < 1.29 is 4.74 Å². The van der Waals surface area contributed by atoms with E-state index in [2.05, 4.69) is 11.8 Å². The van der Waals surface area contributed by atoms with Crippen molar-refractivity contribution in [2.45, 2.75) is 55.1 Å².